The zero-order chi connectivity index (χ0) is 20.7. The molecule has 0 radical (unpaired) electrons. The van der Waals surface area contributed by atoms with Crippen LogP contribution in [0.2, 0.25) is 0 Å². The summed E-state index contributed by atoms with van der Waals surface area (Å²) in [6.07, 6.45) is 15.7. The quantitative estimate of drug-likeness (QED) is 0.296. The van der Waals surface area contributed by atoms with E-state index in [-0.39, 0.29) is 5.75 Å². The molecule has 0 aromatic heterocycles. The van der Waals surface area contributed by atoms with Crippen LogP contribution in [0.15, 0.2) is 24.3 Å². The summed E-state index contributed by atoms with van der Waals surface area (Å²) in [5.74, 6) is 0.899. The predicted molar refractivity (Wildman–Crippen MR) is 116 cm³/mol. The lowest BCUT2D eigenvalue weighted by Crippen LogP contribution is -2.27. The van der Waals surface area contributed by atoms with E-state index < -0.39 is 10.3 Å². The predicted octanol–water partition coefficient (Wildman–Crippen LogP) is 5.95. The maximum Gasteiger partial charge on any atom is 0.384 e. The molecule has 5 nitrogen and oxygen atoms in total. The van der Waals surface area contributed by atoms with E-state index in [1.807, 2.05) is 6.07 Å². The average molecular weight is 414 g/mol. The Labute approximate surface area is 172 Å². The summed E-state index contributed by atoms with van der Waals surface area (Å²) in [5, 5.41) is 0. The number of hydrogen-bond acceptors (Lipinski definition) is 4. The SMILES string of the molecule is CCCCCCCCCCCCCCOc1cccc(OS(=O)(=O)N(C)C)c1. The van der Waals surface area contributed by atoms with Crippen LogP contribution in [0.4, 0.5) is 0 Å². The fraction of sp³-hybridized carbons (Fsp3) is 0.727. The highest BCUT2D eigenvalue weighted by Gasteiger charge is 2.15. The molecular weight excluding hydrogens is 374 g/mol. The molecule has 0 heterocycles. The third-order valence-corrected chi connectivity index (χ3v) is 6.02. The Morgan fingerprint density at radius 2 is 1.29 bits per heavy atom. The molecule has 0 N–H and O–H groups in total. The van der Waals surface area contributed by atoms with Gasteiger partial charge >= 0.3 is 10.3 Å². The Morgan fingerprint density at radius 1 is 0.786 bits per heavy atom. The van der Waals surface area contributed by atoms with Crippen molar-refractivity contribution in [2.24, 2.45) is 0 Å². The van der Waals surface area contributed by atoms with Gasteiger partial charge in [-0.1, -0.05) is 83.6 Å². The van der Waals surface area contributed by atoms with Crippen molar-refractivity contribution in [1.29, 1.82) is 0 Å². The van der Waals surface area contributed by atoms with Crippen LogP contribution < -0.4 is 8.92 Å². The summed E-state index contributed by atoms with van der Waals surface area (Å²) in [6, 6.07) is 6.77. The van der Waals surface area contributed by atoms with Gasteiger partial charge in [0.2, 0.25) is 0 Å². The van der Waals surface area contributed by atoms with Gasteiger partial charge < -0.3 is 8.92 Å². The van der Waals surface area contributed by atoms with Gasteiger partial charge in [-0.3, -0.25) is 0 Å². The second-order valence-corrected chi connectivity index (χ2v) is 9.29. The third kappa shape index (κ3) is 11.5. The normalized spacial score (nSPS) is 11.7. The van der Waals surface area contributed by atoms with E-state index in [0.717, 1.165) is 10.7 Å². The zero-order valence-corrected chi connectivity index (χ0v) is 18.8. The highest BCUT2D eigenvalue weighted by molar-refractivity contribution is 7.84. The summed E-state index contributed by atoms with van der Waals surface area (Å²) >= 11 is 0. The second kappa shape index (κ2) is 14.7. The van der Waals surface area contributed by atoms with Crippen molar-refractivity contribution >= 4 is 10.3 Å². The number of benzene rings is 1. The zero-order valence-electron chi connectivity index (χ0n) is 18.0. The van der Waals surface area contributed by atoms with E-state index in [9.17, 15) is 8.42 Å². The van der Waals surface area contributed by atoms with Gasteiger partial charge in [-0.15, -0.1) is 0 Å². The van der Waals surface area contributed by atoms with Crippen molar-refractivity contribution in [2.75, 3.05) is 20.7 Å². The molecule has 1 aromatic rings. The summed E-state index contributed by atoms with van der Waals surface area (Å²) in [4.78, 5) is 0. The van der Waals surface area contributed by atoms with Crippen LogP contribution in [0.3, 0.4) is 0 Å². The van der Waals surface area contributed by atoms with Crippen molar-refractivity contribution in [2.45, 2.75) is 84.0 Å². The van der Waals surface area contributed by atoms with Gasteiger partial charge in [0.15, 0.2) is 0 Å². The largest absolute Gasteiger partial charge is 0.493 e. The topological polar surface area (TPSA) is 55.8 Å². The van der Waals surface area contributed by atoms with E-state index in [1.54, 1.807) is 18.2 Å². The molecule has 28 heavy (non-hydrogen) atoms. The fourth-order valence-electron chi connectivity index (χ4n) is 2.95. The molecule has 0 aliphatic carbocycles. The molecule has 6 heteroatoms. The van der Waals surface area contributed by atoms with E-state index >= 15 is 0 Å². The number of nitrogens with zero attached hydrogens (tertiary/aromatic N) is 1. The Hall–Kier alpha value is -1.27. The maximum absolute atomic E-state index is 11.8. The average Bonchev–Trinajstić information content (AvgIpc) is 2.65. The molecule has 0 aliphatic heterocycles. The highest BCUT2D eigenvalue weighted by Crippen LogP contribution is 2.21. The molecule has 0 fully saturated rings. The molecule has 0 saturated heterocycles. The minimum atomic E-state index is -3.74. The summed E-state index contributed by atoms with van der Waals surface area (Å²) in [5.41, 5.74) is 0. The Bertz CT molecular complexity index is 617. The first kappa shape index (κ1) is 24.8. The molecule has 0 unspecified atom stereocenters. The van der Waals surface area contributed by atoms with E-state index in [1.165, 1.54) is 84.7 Å². The lowest BCUT2D eigenvalue weighted by Gasteiger charge is -2.13. The van der Waals surface area contributed by atoms with Gasteiger partial charge in [0.1, 0.15) is 11.5 Å². The van der Waals surface area contributed by atoms with Crippen molar-refractivity contribution < 1.29 is 17.3 Å². The van der Waals surface area contributed by atoms with Crippen LogP contribution in [0.25, 0.3) is 0 Å². The van der Waals surface area contributed by atoms with Gasteiger partial charge in [-0.25, -0.2) is 0 Å². The second-order valence-electron chi connectivity index (χ2n) is 7.54. The smallest absolute Gasteiger partial charge is 0.384 e. The highest BCUT2D eigenvalue weighted by atomic mass is 32.2. The van der Waals surface area contributed by atoms with Crippen LogP contribution in [0, 0.1) is 0 Å². The minimum absolute atomic E-state index is 0.265. The van der Waals surface area contributed by atoms with Gasteiger partial charge in [0.25, 0.3) is 0 Å². The molecule has 162 valence electrons. The molecule has 0 saturated carbocycles. The first-order chi connectivity index (χ1) is 13.5. The van der Waals surface area contributed by atoms with Crippen molar-refractivity contribution in [1.82, 2.24) is 4.31 Å². The fourth-order valence-corrected chi connectivity index (χ4v) is 3.44. The molecule has 0 bridgehead atoms. The summed E-state index contributed by atoms with van der Waals surface area (Å²) in [7, 11) is -0.871. The monoisotopic (exact) mass is 413 g/mol. The first-order valence-electron chi connectivity index (χ1n) is 10.8. The van der Waals surface area contributed by atoms with E-state index in [0.29, 0.717) is 12.4 Å². The van der Waals surface area contributed by atoms with Crippen molar-refractivity contribution in [3.63, 3.8) is 0 Å². The van der Waals surface area contributed by atoms with Crippen LogP contribution in [0.1, 0.15) is 84.0 Å². The Morgan fingerprint density at radius 3 is 1.82 bits per heavy atom. The third-order valence-electron chi connectivity index (χ3n) is 4.72. The molecule has 0 spiro atoms. The molecule has 1 aromatic carbocycles. The number of rotatable bonds is 17. The van der Waals surface area contributed by atoms with Gasteiger partial charge in [0, 0.05) is 20.2 Å². The van der Waals surface area contributed by atoms with Gasteiger partial charge in [0.05, 0.1) is 6.61 Å². The van der Waals surface area contributed by atoms with Crippen molar-refractivity contribution in [3.05, 3.63) is 24.3 Å². The molecule has 0 aliphatic rings. The van der Waals surface area contributed by atoms with Crippen molar-refractivity contribution in [3.8, 4) is 11.5 Å². The number of unbranched alkanes of at least 4 members (excludes halogenated alkanes) is 11. The standard InChI is InChI=1S/C22H39NO4S/c1-4-5-6-7-8-9-10-11-12-13-14-15-19-26-21-17-16-18-22(20-21)27-28(24,25)23(2)3/h16-18,20H,4-15,19H2,1-3H3. The first-order valence-corrected chi connectivity index (χ1v) is 12.2. The van der Waals surface area contributed by atoms with Crippen LogP contribution in [-0.2, 0) is 10.3 Å². The van der Waals surface area contributed by atoms with Gasteiger partial charge in [-0.05, 0) is 18.6 Å². The summed E-state index contributed by atoms with van der Waals surface area (Å²) in [6.45, 7) is 2.90. The van der Waals surface area contributed by atoms with E-state index in [2.05, 4.69) is 6.92 Å². The van der Waals surface area contributed by atoms with Crippen LogP contribution >= 0.6 is 0 Å². The molecule has 1 rings (SSSR count). The minimum Gasteiger partial charge on any atom is -0.493 e. The lowest BCUT2D eigenvalue weighted by molar-refractivity contribution is 0.303. The van der Waals surface area contributed by atoms with E-state index in [4.69, 9.17) is 8.92 Å². The summed E-state index contributed by atoms with van der Waals surface area (Å²) < 4.78 is 35.3. The van der Waals surface area contributed by atoms with Crippen LogP contribution in [0.5, 0.6) is 11.5 Å². The maximum atomic E-state index is 11.8. The Balaban J connectivity index is 2.07. The molecule has 0 atom stereocenters. The Kier molecular flexibility index (Phi) is 13.0. The van der Waals surface area contributed by atoms with Gasteiger partial charge in [-0.2, -0.15) is 12.7 Å². The number of hydrogen-bond donors (Lipinski definition) is 0. The lowest BCUT2D eigenvalue weighted by atomic mass is 10.1. The van der Waals surface area contributed by atoms with Crippen LogP contribution in [-0.4, -0.2) is 33.4 Å². The molecule has 0 amide bonds. The molecular formula is C22H39NO4S. The number of ether oxygens (including phenoxy) is 1.